The molecule has 0 fully saturated rings. The fourth-order valence-corrected chi connectivity index (χ4v) is 2.48. The van der Waals surface area contributed by atoms with Crippen LogP contribution in [0.2, 0.25) is 0 Å². The van der Waals surface area contributed by atoms with Gasteiger partial charge in [-0.3, -0.25) is 0 Å². The fourth-order valence-electron chi connectivity index (χ4n) is 1.54. The topological polar surface area (TPSA) is 0 Å². The van der Waals surface area contributed by atoms with E-state index in [-0.39, 0.29) is 0 Å². The van der Waals surface area contributed by atoms with Crippen LogP contribution in [0.1, 0.15) is 33.1 Å². The van der Waals surface area contributed by atoms with Crippen molar-refractivity contribution in [2.45, 2.75) is 33.1 Å². The highest BCUT2D eigenvalue weighted by atomic mass is 32.2. The second-order valence-electron chi connectivity index (χ2n) is 3.55. The minimum atomic E-state index is 0.470. The largest absolute Gasteiger partial charge is 0.134 e. The predicted molar refractivity (Wildman–Crippen MR) is 49.2 cm³/mol. The van der Waals surface area contributed by atoms with Gasteiger partial charge in [-0.15, -0.1) is 11.8 Å². The molecule has 0 N–H and O–H groups in total. The molecule has 0 bridgehead atoms. The minimum absolute atomic E-state index is 0.470. The summed E-state index contributed by atoms with van der Waals surface area (Å²) in [7, 11) is 0. The van der Waals surface area contributed by atoms with E-state index in [1.165, 1.54) is 19.3 Å². The van der Waals surface area contributed by atoms with Crippen LogP contribution in [-0.4, -0.2) is 6.26 Å². The van der Waals surface area contributed by atoms with Crippen LogP contribution in [-0.2, 0) is 0 Å². The third-order valence-electron chi connectivity index (χ3n) is 2.22. The molecule has 0 aromatic carbocycles. The van der Waals surface area contributed by atoms with Crippen molar-refractivity contribution in [2.24, 2.45) is 5.41 Å². The van der Waals surface area contributed by atoms with E-state index in [0.29, 0.717) is 5.41 Å². The molecule has 0 heterocycles. The highest BCUT2D eigenvalue weighted by Crippen LogP contribution is 2.41. The normalized spacial score (nSPS) is 24.1. The summed E-state index contributed by atoms with van der Waals surface area (Å²) in [5.41, 5.74) is 0.470. The molecular weight excluding hydrogens is 140 g/mol. The molecule has 1 aliphatic carbocycles. The Morgan fingerprint density at radius 1 is 1.50 bits per heavy atom. The Morgan fingerprint density at radius 2 is 2.20 bits per heavy atom. The van der Waals surface area contributed by atoms with Crippen molar-refractivity contribution in [1.29, 1.82) is 0 Å². The van der Waals surface area contributed by atoms with Crippen molar-refractivity contribution in [1.82, 2.24) is 0 Å². The Hall–Kier alpha value is 0.0900. The lowest BCUT2D eigenvalue weighted by molar-refractivity contribution is 0.397. The number of hydrogen-bond acceptors (Lipinski definition) is 1. The van der Waals surface area contributed by atoms with E-state index in [9.17, 15) is 0 Å². The van der Waals surface area contributed by atoms with Crippen LogP contribution in [0.5, 0.6) is 0 Å². The van der Waals surface area contributed by atoms with Gasteiger partial charge in [0.15, 0.2) is 0 Å². The Kier molecular flexibility index (Phi) is 2.45. The van der Waals surface area contributed by atoms with Crippen LogP contribution in [0.15, 0.2) is 11.0 Å². The summed E-state index contributed by atoms with van der Waals surface area (Å²) in [5, 5.41) is 0. The summed E-state index contributed by atoms with van der Waals surface area (Å²) >= 11 is 1.91. The van der Waals surface area contributed by atoms with E-state index in [0.717, 1.165) is 0 Å². The Bertz CT molecular complexity index is 145. The summed E-state index contributed by atoms with van der Waals surface area (Å²) in [6.07, 6.45) is 8.60. The first-order valence-electron chi connectivity index (χ1n) is 3.91. The number of allylic oxidation sites excluding steroid dienone is 2. The molecule has 1 aliphatic rings. The maximum Gasteiger partial charge on any atom is -0.00469 e. The number of rotatable bonds is 1. The van der Waals surface area contributed by atoms with Gasteiger partial charge in [0, 0.05) is 0 Å². The molecule has 0 nitrogen and oxygen atoms in total. The van der Waals surface area contributed by atoms with Gasteiger partial charge in [-0.1, -0.05) is 19.9 Å². The third kappa shape index (κ3) is 1.57. The zero-order chi connectivity index (χ0) is 7.61. The first-order chi connectivity index (χ1) is 4.67. The van der Waals surface area contributed by atoms with E-state index < -0.39 is 0 Å². The Labute approximate surface area is 68.1 Å². The second kappa shape index (κ2) is 3.00. The van der Waals surface area contributed by atoms with Crippen molar-refractivity contribution >= 4 is 11.8 Å². The van der Waals surface area contributed by atoms with Crippen molar-refractivity contribution in [3.63, 3.8) is 0 Å². The summed E-state index contributed by atoms with van der Waals surface area (Å²) in [4.78, 5) is 1.58. The molecule has 0 saturated heterocycles. The van der Waals surface area contributed by atoms with Gasteiger partial charge in [-0.25, -0.2) is 0 Å². The predicted octanol–water partition coefficient (Wildman–Crippen LogP) is 3.44. The highest BCUT2D eigenvalue weighted by molar-refractivity contribution is 8.02. The van der Waals surface area contributed by atoms with Crippen LogP contribution >= 0.6 is 11.8 Å². The standard InChI is InChI=1S/C9H16S/c1-9(2)7-5-4-6-8(9)10-3/h6H,4-5,7H2,1-3H3. The maximum atomic E-state index is 2.40. The molecule has 0 saturated carbocycles. The third-order valence-corrected chi connectivity index (χ3v) is 3.38. The molecule has 0 atom stereocenters. The quantitative estimate of drug-likeness (QED) is 0.560. The van der Waals surface area contributed by atoms with Gasteiger partial charge in [0.1, 0.15) is 0 Å². The number of hydrogen-bond donors (Lipinski definition) is 0. The number of thioether (sulfide) groups is 1. The van der Waals surface area contributed by atoms with E-state index in [1.807, 2.05) is 11.8 Å². The average Bonchev–Trinajstić information content (AvgIpc) is 1.87. The first kappa shape index (κ1) is 8.19. The lowest BCUT2D eigenvalue weighted by atomic mass is 9.83. The summed E-state index contributed by atoms with van der Waals surface area (Å²) < 4.78 is 0. The molecule has 0 aliphatic heterocycles. The molecule has 0 spiro atoms. The van der Waals surface area contributed by atoms with E-state index in [2.05, 4.69) is 26.2 Å². The lowest BCUT2D eigenvalue weighted by Gasteiger charge is -2.30. The maximum absolute atomic E-state index is 2.40. The molecule has 0 aromatic rings. The van der Waals surface area contributed by atoms with Crippen molar-refractivity contribution in [3.05, 3.63) is 11.0 Å². The first-order valence-corrected chi connectivity index (χ1v) is 5.14. The van der Waals surface area contributed by atoms with Crippen LogP contribution in [0.4, 0.5) is 0 Å². The lowest BCUT2D eigenvalue weighted by Crippen LogP contribution is -2.15. The van der Waals surface area contributed by atoms with Crippen LogP contribution < -0.4 is 0 Å². The Balaban J connectivity index is 2.73. The van der Waals surface area contributed by atoms with Crippen LogP contribution in [0, 0.1) is 5.41 Å². The van der Waals surface area contributed by atoms with Gasteiger partial charge in [-0.05, 0) is 35.8 Å². The van der Waals surface area contributed by atoms with Crippen LogP contribution in [0.3, 0.4) is 0 Å². The second-order valence-corrected chi connectivity index (χ2v) is 4.40. The molecule has 0 radical (unpaired) electrons. The molecule has 0 amide bonds. The molecular formula is C9H16S. The fraction of sp³-hybridized carbons (Fsp3) is 0.778. The molecule has 0 aromatic heterocycles. The van der Waals surface area contributed by atoms with Gasteiger partial charge in [0.25, 0.3) is 0 Å². The minimum Gasteiger partial charge on any atom is -0.134 e. The molecule has 10 heavy (non-hydrogen) atoms. The van der Waals surface area contributed by atoms with Gasteiger partial charge < -0.3 is 0 Å². The zero-order valence-corrected chi connectivity index (χ0v) is 7.92. The molecule has 0 unspecified atom stereocenters. The van der Waals surface area contributed by atoms with Crippen molar-refractivity contribution in [3.8, 4) is 0 Å². The van der Waals surface area contributed by atoms with Gasteiger partial charge in [0.05, 0.1) is 0 Å². The van der Waals surface area contributed by atoms with E-state index >= 15 is 0 Å². The van der Waals surface area contributed by atoms with Crippen molar-refractivity contribution in [2.75, 3.05) is 6.26 Å². The molecule has 1 heteroatoms. The van der Waals surface area contributed by atoms with Crippen molar-refractivity contribution < 1.29 is 0 Å². The zero-order valence-electron chi connectivity index (χ0n) is 7.11. The average molecular weight is 156 g/mol. The summed E-state index contributed by atoms with van der Waals surface area (Å²) in [6, 6.07) is 0. The highest BCUT2D eigenvalue weighted by Gasteiger charge is 2.24. The van der Waals surface area contributed by atoms with E-state index in [4.69, 9.17) is 0 Å². The smallest absolute Gasteiger partial charge is 0.00469 e. The molecule has 58 valence electrons. The van der Waals surface area contributed by atoms with Gasteiger partial charge in [0.2, 0.25) is 0 Å². The summed E-state index contributed by atoms with van der Waals surface area (Å²) in [6.45, 7) is 4.68. The van der Waals surface area contributed by atoms with Crippen LogP contribution in [0.25, 0.3) is 0 Å². The Morgan fingerprint density at radius 3 is 2.60 bits per heavy atom. The van der Waals surface area contributed by atoms with E-state index in [1.54, 1.807) is 4.91 Å². The SMILES string of the molecule is CSC1=CCCCC1(C)C. The van der Waals surface area contributed by atoms with Gasteiger partial charge in [-0.2, -0.15) is 0 Å². The summed E-state index contributed by atoms with van der Waals surface area (Å²) in [5.74, 6) is 0. The molecule has 1 rings (SSSR count). The monoisotopic (exact) mass is 156 g/mol. The van der Waals surface area contributed by atoms with Gasteiger partial charge >= 0.3 is 0 Å².